The Morgan fingerprint density at radius 3 is 2.76 bits per heavy atom. The lowest BCUT2D eigenvalue weighted by Crippen LogP contribution is -2.43. The number of carbonyl (C=O) groups excluding carboxylic acids is 1. The highest BCUT2D eigenvalue weighted by Gasteiger charge is 2.23. The van der Waals surface area contributed by atoms with Crippen molar-refractivity contribution in [1.82, 2.24) is 15.5 Å². The van der Waals surface area contributed by atoms with Gasteiger partial charge in [0.05, 0.1) is 17.3 Å². The highest BCUT2D eigenvalue weighted by atomic mass is 16.2. The molecule has 1 aromatic heterocycles. The number of rotatable bonds is 4. The van der Waals surface area contributed by atoms with Crippen molar-refractivity contribution in [3.05, 3.63) is 66.4 Å². The van der Waals surface area contributed by atoms with E-state index in [1.165, 1.54) is 0 Å². The van der Waals surface area contributed by atoms with Crippen LogP contribution in [0.15, 0.2) is 55.2 Å². The topological polar surface area (TPSA) is 69.8 Å². The van der Waals surface area contributed by atoms with Crippen LogP contribution in [0, 0.1) is 0 Å². The number of urea groups is 1. The van der Waals surface area contributed by atoms with Gasteiger partial charge >= 0.3 is 6.03 Å². The van der Waals surface area contributed by atoms with E-state index in [0.717, 1.165) is 27.6 Å². The minimum atomic E-state index is -0.520. The number of fused-ring (bicyclic) bond motifs is 1. The van der Waals surface area contributed by atoms with Crippen molar-refractivity contribution in [2.24, 2.45) is 0 Å². The molecule has 2 amide bonds. The maximum absolute atomic E-state index is 12.4. The number of amides is 2. The molecule has 1 heterocycles. The smallest absolute Gasteiger partial charge is 0.319 e. The number of benzene rings is 2. The Hall–Kier alpha value is -3.08. The zero-order chi connectivity index (χ0) is 18.0. The van der Waals surface area contributed by atoms with Gasteiger partial charge < -0.3 is 10.6 Å². The summed E-state index contributed by atoms with van der Waals surface area (Å²) in [6, 6.07) is 13.4. The third kappa shape index (κ3) is 3.71. The van der Waals surface area contributed by atoms with Gasteiger partial charge in [-0.2, -0.15) is 5.10 Å². The van der Waals surface area contributed by atoms with Crippen molar-refractivity contribution < 1.29 is 4.79 Å². The maximum Gasteiger partial charge on any atom is 0.319 e. The first-order valence-electron chi connectivity index (χ1n) is 8.14. The molecule has 0 aliphatic heterocycles. The van der Waals surface area contributed by atoms with Crippen molar-refractivity contribution >= 4 is 28.2 Å². The van der Waals surface area contributed by atoms with Crippen molar-refractivity contribution in [3.63, 3.8) is 0 Å². The first-order chi connectivity index (χ1) is 11.8. The van der Waals surface area contributed by atoms with Crippen LogP contribution in [-0.4, -0.2) is 16.2 Å². The normalized spacial score (nSPS) is 11.3. The van der Waals surface area contributed by atoms with E-state index in [4.69, 9.17) is 0 Å². The molecule has 0 aliphatic carbocycles. The Kier molecular flexibility index (Phi) is 4.31. The Morgan fingerprint density at radius 1 is 1.20 bits per heavy atom. The fraction of sp³-hybridized carbons (Fsp3) is 0.200. The molecule has 128 valence electrons. The minimum Gasteiger partial charge on any atom is -0.329 e. The maximum atomic E-state index is 12.4. The van der Waals surface area contributed by atoms with Gasteiger partial charge in [0.2, 0.25) is 0 Å². The number of carbonyl (C=O) groups is 1. The second-order valence-corrected chi connectivity index (χ2v) is 6.74. The van der Waals surface area contributed by atoms with Crippen molar-refractivity contribution in [2.45, 2.75) is 26.3 Å². The molecular weight excluding hydrogens is 312 g/mol. The van der Waals surface area contributed by atoms with Gasteiger partial charge in [-0.05, 0) is 56.2 Å². The first-order valence-corrected chi connectivity index (χ1v) is 8.14. The molecule has 0 fully saturated rings. The summed E-state index contributed by atoms with van der Waals surface area (Å²) >= 11 is 0. The molecule has 5 heteroatoms. The quantitative estimate of drug-likeness (QED) is 0.650. The van der Waals surface area contributed by atoms with Gasteiger partial charge in [0.25, 0.3) is 0 Å². The van der Waals surface area contributed by atoms with Crippen LogP contribution in [0.5, 0.6) is 0 Å². The van der Waals surface area contributed by atoms with E-state index in [0.29, 0.717) is 5.69 Å². The van der Waals surface area contributed by atoms with E-state index in [-0.39, 0.29) is 6.03 Å². The van der Waals surface area contributed by atoms with Gasteiger partial charge in [-0.3, -0.25) is 5.10 Å². The van der Waals surface area contributed by atoms with Crippen LogP contribution < -0.4 is 10.6 Å². The fourth-order valence-electron chi connectivity index (χ4n) is 2.71. The molecule has 2 aromatic carbocycles. The van der Waals surface area contributed by atoms with Gasteiger partial charge in [0.15, 0.2) is 0 Å². The molecule has 3 aromatic rings. The molecule has 0 saturated heterocycles. The van der Waals surface area contributed by atoms with E-state index in [9.17, 15) is 4.79 Å². The molecule has 0 unspecified atom stereocenters. The number of nitrogens with one attached hydrogen (secondary N) is 3. The third-order valence-electron chi connectivity index (χ3n) is 4.20. The van der Waals surface area contributed by atoms with Crippen LogP contribution in [0.2, 0.25) is 0 Å². The summed E-state index contributed by atoms with van der Waals surface area (Å²) in [6.45, 7) is 9.90. The second kappa shape index (κ2) is 6.43. The Labute approximate surface area is 147 Å². The average Bonchev–Trinajstić information content (AvgIpc) is 3.02. The van der Waals surface area contributed by atoms with E-state index in [2.05, 4.69) is 33.5 Å². The molecule has 0 bridgehead atoms. The van der Waals surface area contributed by atoms with Crippen LogP contribution >= 0.6 is 0 Å². The number of nitrogens with zero attached hydrogens (tertiary/aromatic N) is 1. The standard InChI is InChI=1S/C20H22N4O/c1-13(2)14-6-5-7-16(10-14)20(3,4)23-19(25)22-17-9-8-15-12-21-24-18(15)11-17/h5-12H,1H2,2-4H3,(H,21,24)(H2,22,23,25). The molecule has 5 nitrogen and oxygen atoms in total. The summed E-state index contributed by atoms with van der Waals surface area (Å²) in [5.41, 5.74) is 4.15. The lowest BCUT2D eigenvalue weighted by atomic mass is 9.92. The van der Waals surface area contributed by atoms with Gasteiger partial charge in [0, 0.05) is 11.1 Å². The molecule has 0 atom stereocenters. The second-order valence-electron chi connectivity index (χ2n) is 6.74. The number of anilines is 1. The van der Waals surface area contributed by atoms with Crippen LogP contribution in [0.4, 0.5) is 10.5 Å². The molecule has 0 spiro atoms. The first kappa shape index (κ1) is 16.8. The monoisotopic (exact) mass is 334 g/mol. The summed E-state index contributed by atoms with van der Waals surface area (Å²) in [5, 5.41) is 13.8. The molecule has 3 rings (SSSR count). The summed E-state index contributed by atoms with van der Waals surface area (Å²) in [4.78, 5) is 12.4. The summed E-state index contributed by atoms with van der Waals surface area (Å²) in [6.07, 6.45) is 1.75. The Morgan fingerprint density at radius 2 is 2.00 bits per heavy atom. The summed E-state index contributed by atoms with van der Waals surface area (Å²) < 4.78 is 0. The Bertz CT molecular complexity index is 940. The number of aromatic amines is 1. The van der Waals surface area contributed by atoms with E-state index in [1.54, 1.807) is 6.20 Å². The number of H-pyrrole nitrogens is 1. The van der Waals surface area contributed by atoms with Crippen LogP contribution in [0.1, 0.15) is 31.9 Å². The zero-order valence-corrected chi connectivity index (χ0v) is 14.7. The van der Waals surface area contributed by atoms with Crippen molar-refractivity contribution in [3.8, 4) is 0 Å². The van der Waals surface area contributed by atoms with Crippen molar-refractivity contribution in [2.75, 3.05) is 5.32 Å². The van der Waals surface area contributed by atoms with Crippen LogP contribution in [0.3, 0.4) is 0 Å². The number of allylic oxidation sites excluding steroid dienone is 1. The van der Waals surface area contributed by atoms with E-state index < -0.39 is 5.54 Å². The fourth-order valence-corrected chi connectivity index (χ4v) is 2.71. The van der Waals surface area contributed by atoms with Crippen LogP contribution in [0.25, 0.3) is 16.5 Å². The SMILES string of the molecule is C=C(C)c1cccc(C(C)(C)NC(=O)Nc2ccc3cn[nH]c3c2)c1. The summed E-state index contributed by atoms with van der Waals surface area (Å²) in [5.74, 6) is 0. The third-order valence-corrected chi connectivity index (χ3v) is 4.20. The Balaban J connectivity index is 1.74. The molecular formula is C20H22N4O. The highest BCUT2D eigenvalue weighted by molar-refractivity contribution is 5.92. The van der Waals surface area contributed by atoms with Gasteiger partial charge in [-0.1, -0.05) is 30.4 Å². The van der Waals surface area contributed by atoms with Crippen molar-refractivity contribution in [1.29, 1.82) is 0 Å². The molecule has 0 saturated carbocycles. The minimum absolute atomic E-state index is 0.260. The number of hydrogen-bond acceptors (Lipinski definition) is 2. The number of aromatic nitrogens is 2. The lowest BCUT2D eigenvalue weighted by Gasteiger charge is -2.27. The van der Waals surface area contributed by atoms with Gasteiger partial charge in [0.1, 0.15) is 0 Å². The molecule has 0 aliphatic rings. The number of hydrogen-bond donors (Lipinski definition) is 3. The predicted molar refractivity (Wildman–Crippen MR) is 102 cm³/mol. The largest absolute Gasteiger partial charge is 0.329 e. The summed E-state index contributed by atoms with van der Waals surface area (Å²) in [7, 11) is 0. The molecule has 25 heavy (non-hydrogen) atoms. The predicted octanol–water partition coefficient (Wildman–Crippen LogP) is 4.65. The average molecular weight is 334 g/mol. The van der Waals surface area contributed by atoms with E-state index >= 15 is 0 Å². The zero-order valence-electron chi connectivity index (χ0n) is 14.7. The van der Waals surface area contributed by atoms with Gasteiger partial charge in [-0.15, -0.1) is 0 Å². The molecule has 3 N–H and O–H groups in total. The van der Waals surface area contributed by atoms with E-state index in [1.807, 2.05) is 57.2 Å². The lowest BCUT2D eigenvalue weighted by molar-refractivity contribution is 0.242. The molecule has 0 radical (unpaired) electrons. The van der Waals surface area contributed by atoms with Crippen LogP contribution in [-0.2, 0) is 5.54 Å². The van der Waals surface area contributed by atoms with Gasteiger partial charge in [-0.25, -0.2) is 4.79 Å². The highest BCUT2D eigenvalue weighted by Crippen LogP contribution is 2.24.